The summed E-state index contributed by atoms with van der Waals surface area (Å²) in [5, 5.41) is 6.74. The molecule has 1 aromatic heterocycles. The lowest BCUT2D eigenvalue weighted by Gasteiger charge is -2.31. The van der Waals surface area contributed by atoms with Crippen LogP contribution in [0.25, 0.3) is 22.2 Å². The third-order valence-electron chi connectivity index (χ3n) is 7.63. The van der Waals surface area contributed by atoms with Gasteiger partial charge in [-0.2, -0.15) is 0 Å². The lowest BCUT2D eigenvalue weighted by molar-refractivity contribution is -0.125. The Bertz CT molecular complexity index is 1550. The van der Waals surface area contributed by atoms with Crippen molar-refractivity contribution in [2.24, 2.45) is 5.92 Å². The highest BCUT2D eigenvalue weighted by Gasteiger charge is 2.34. The van der Waals surface area contributed by atoms with Crippen molar-refractivity contribution in [2.45, 2.75) is 57.5 Å². The number of para-hydroxylation sites is 2. The molecular weight excluding hydrogens is 561 g/mol. The smallest absolute Gasteiger partial charge is 0.266 e. The quantitative estimate of drug-likeness (QED) is 0.199. The van der Waals surface area contributed by atoms with Crippen LogP contribution < -0.4 is 10.6 Å². The van der Waals surface area contributed by atoms with Gasteiger partial charge in [-0.1, -0.05) is 85.8 Å². The molecule has 1 aliphatic carbocycles. The van der Waals surface area contributed by atoms with E-state index in [1.807, 2.05) is 31.2 Å². The van der Waals surface area contributed by atoms with Gasteiger partial charge in [-0.25, -0.2) is 4.98 Å². The van der Waals surface area contributed by atoms with Crippen molar-refractivity contribution >= 4 is 51.9 Å². The van der Waals surface area contributed by atoms with E-state index in [9.17, 15) is 14.4 Å². The third-order valence-corrected chi connectivity index (χ3v) is 8.27. The van der Waals surface area contributed by atoms with Gasteiger partial charge < -0.3 is 15.1 Å². The van der Waals surface area contributed by atoms with Crippen molar-refractivity contribution in [3.8, 4) is 11.1 Å². The number of carbonyl (C=O) groups excluding carboxylic acids is 3. The van der Waals surface area contributed by atoms with Crippen LogP contribution >= 0.6 is 23.2 Å². The van der Waals surface area contributed by atoms with Crippen molar-refractivity contribution < 1.29 is 18.8 Å². The average molecular weight is 593 g/mol. The largest absolute Gasteiger partial charge is 0.434 e. The number of rotatable bonds is 9. The summed E-state index contributed by atoms with van der Waals surface area (Å²) in [6, 6.07) is 17.8. The number of carbonyl (C=O) groups is 3. The summed E-state index contributed by atoms with van der Waals surface area (Å²) in [6.45, 7) is 1.81. The van der Waals surface area contributed by atoms with Crippen LogP contribution in [0.4, 0.5) is 0 Å². The molecule has 2 amide bonds. The first-order valence-electron chi connectivity index (χ1n) is 13.9. The molecule has 2 N–H and O–H groups in total. The second-order valence-corrected chi connectivity index (χ2v) is 11.2. The number of benzene rings is 3. The Balaban J connectivity index is 1.34. The van der Waals surface area contributed by atoms with E-state index >= 15 is 0 Å². The van der Waals surface area contributed by atoms with Crippen LogP contribution in [0.15, 0.2) is 71.1 Å². The van der Waals surface area contributed by atoms with Gasteiger partial charge in [0, 0.05) is 26.7 Å². The molecule has 0 radical (unpaired) electrons. The fourth-order valence-electron chi connectivity index (χ4n) is 5.39. The Morgan fingerprint density at radius 1 is 0.902 bits per heavy atom. The molecule has 7 nitrogen and oxygen atoms in total. The molecule has 0 saturated heterocycles. The highest BCUT2D eigenvalue weighted by atomic mass is 35.5. The number of nitrogens with zero attached hydrogens (tertiary/aromatic N) is 1. The molecule has 1 unspecified atom stereocenters. The lowest BCUT2D eigenvalue weighted by Crippen LogP contribution is -2.54. The van der Waals surface area contributed by atoms with Crippen LogP contribution in [0.3, 0.4) is 0 Å². The number of amides is 2. The van der Waals surface area contributed by atoms with E-state index in [4.69, 9.17) is 27.6 Å². The van der Waals surface area contributed by atoms with Crippen LogP contribution in [-0.4, -0.2) is 34.7 Å². The zero-order valence-corrected chi connectivity index (χ0v) is 24.2. The Labute approximate surface area is 248 Å². The molecule has 1 fully saturated rings. The Hall–Kier alpha value is -3.68. The zero-order chi connectivity index (χ0) is 28.9. The van der Waals surface area contributed by atoms with E-state index in [-0.39, 0.29) is 11.8 Å². The summed E-state index contributed by atoms with van der Waals surface area (Å²) < 4.78 is 5.65. The standard InChI is InChI=1S/C32H31Cl2N3O4/c1-2-25(29(38)32-36-26-14-8-9-15-27(26)41-32)35-31(40)28(19-10-4-3-5-11-19)37-30(39)20-16-17-22(24(34)18-20)21-12-6-7-13-23(21)33/h6-9,12-19,25,28H,2-5,10-11H2,1H3,(H,35,40)(H,37,39)/t25-,28?/m0/s1. The fraction of sp³-hybridized carbons (Fsp3) is 0.312. The zero-order valence-electron chi connectivity index (χ0n) is 22.7. The molecule has 9 heteroatoms. The Morgan fingerprint density at radius 3 is 2.32 bits per heavy atom. The highest BCUT2D eigenvalue weighted by molar-refractivity contribution is 6.36. The molecule has 1 heterocycles. The first kappa shape index (κ1) is 28.8. The van der Waals surface area contributed by atoms with Crippen LogP contribution in [0, 0.1) is 5.92 Å². The van der Waals surface area contributed by atoms with Gasteiger partial charge in [0.1, 0.15) is 11.6 Å². The number of aromatic nitrogens is 1. The second kappa shape index (κ2) is 12.9. The molecule has 0 bridgehead atoms. The number of ketones is 1. The molecule has 1 saturated carbocycles. The van der Waals surface area contributed by atoms with Crippen molar-refractivity contribution in [3.63, 3.8) is 0 Å². The first-order chi connectivity index (χ1) is 19.9. The predicted molar refractivity (Wildman–Crippen MR) is 160 cm³/mol. The number of nitrogens with one attached hydrogen (secondary N) is 2. The van der Waals surface area contributed by atoms with Gasteiger partial charge >= 0.3 is 0 Å². The molecule has 5 rings (SSSR count). The van der Waals surface area contributed by atoms with Gasteiger partial charge in [-0.15, -0.1) is 0 Å². The monoisotopic (exact) mass is 591 g/mol. The number of hydrogen-bond donors (Lipinski definition) is 2. The van der Waals surface area contributed by atoms with Gasteiger partial charge in [0.25, 0.3) is 11.8 Å². The fourth-order valence-corrected chi connectivity index (χ4v) is 5.90. The van der Waals surface area contributed by atoms with Gasteiger partial charge in [0.05, 0.1) is 6.04 Å². The van der Waals surface area contributed by atoms with E-state index in [0.29, 0.717) is 38.7 Å². The van der Waals surface area contributed by atoms with E-state index in [1.165, 1.54) is 0 Å². The van der Waals surface area contributed by atoms with Crippen LogP contribution in [0.5, 0.6) is 0 Å². The van der Waals surface area contributed by atoms with Crippen molar-refractivity contribution in [2.75, 3.05) is 0 Å². The summed E-state index contributed by atoms with van der Waals surface area (Å²) in [7, 11) is 0. The maximum atomic E-state index is 13.7. The van der Waals surface area contributed by atoms with Crippen LogP contribution in [0.2, 0.25) is 10.0 Å². The van der Waals surface area contributed by atoms with Gasteiger partial charge in [0.2, 0.25) is 11.7 Å². The molecule has 0 spiro atoms. The summed E-state index contributed by atoms with van der Waals surface area (Å²) in [6.07, 6.45) is 4.99. The normalized spacial score (nSPS) is 15.3. The third kappa shape index (κ3) is 6.47. The number of halogens is 2. The van der Waals surface area contributed by atoms with Crippen molar-refractivity contribution in [1.29, 1.82) is 0 Å². The van der Waals surface area contributed by atoms with Crippen molar-refractivity contribution in [1.82, 2.24) is 15.6 Å². The topological polar surface area (TPSA) is 101 Å². The molecular formula is C32H31Cl2N3O4. The first-order valence-corrected chi connectivity index (χ1v) is 14.7. The Morgan fingerprint density at radius 2 is 1.61 bits per heavy atom. The predicted octanol–water partition coefficient (Wildman–Crippen LogP) is 7.26. The summed E-state index contributed by atoms with van der Waals surface area (Å²) in [4.78, 5) is 44.6. The molecule has 3 aromatic carbocycles. The number of oxazole rings is 1. The number of fused-ring (bicyclic) bond motifs is 1. The molecule has 212 valence electrons. The minimum Gasteiger partial charge on any atom is -0.434 e. The maximum Gasteiger partial charge on any atom is 0.266 e. The summed E-state index contributed by atoms with van der Waals surface area (Å²) in [5.74, 6) is -1.33. The highest BCUT2D eigenvalue weighted by Crippen LogP contribution is 2.34. The summed E-state index contributed by atoms with van der Waals surface area (Å²) in [5.41, 5.74) is 2.87. The van der Waals surface area contributed by atoms with E-state index in [0.717, 1.165) is 37.7 Å². The SMILES string of the molecule is CC[C@H](NC(=O)C(NC(=O)c1ccc(-c2ccccc2Cl)c(Cl)c1)C1CCCCC1)C(=O)c1nc2ccccc2o1. The lowest BCUT2D eigenvalue weighted by atomic mass is 9.83. The summed E-state index contributed by atoms with van der Waals surface area (Å²) >= 11 is 12.9. The minimum atomic E-state index is -0.845. The van der Waals surface area contributed by atoms with E-state index in [2.05, 4.69) is 15.6 Å². The van der Waals surface area contributed by atoms with Gasteiger partial charge in [-0.05, 0) is 55.5 Å². The average Bonchev–Trinajstić information content (AvgIpc) is 3.43. The Kier molecular flexibility index (Phi) is 9.06. The van der Waals surface area contributed by atoms with Crippen LogP contribution in [0.1, 0.15) is 66.5 Å². The molecule has 2 atom stereocenters. The molecule has 4 aromatic rings. The minimum absolute atomic E-state index is 0.0511. The molecule has 1 aliphatic rings. The van der Waals surface area contributed by atoms with E-state index in [1.54, 1.807) is 42.5 Å². The second-order valence-electron chi connectivity index (χ2n) is 10.3. The molecule has 0 aliphatic heterocycles. The van der Waals surface area contributed by atoms with Gasteiger partial charge in [-0.3, -0.25) is 14.4 Å². The van der Waals surface area contributed by atoms with Crippen molar-refractivity contribution in [3.05, 3.63) is 88.2 Å². The number of hydrogen-bond acceptors (Lipinski definition) is 5. The maximum absolute atomic E-state index is 13.7. The number of Topliss-reactive ketones (excluding diaryl/α,β-unsaturated/α-hetero) is 1. The molecule has 41 heavy (non-hydrogen) atoms. The van der Waals surface area contributed by atoms with E-state index < -0.39 is 29.7 Å². The van der Waals surface area contributed by atoms with Crippen LogP contribution in [-0.2, 0) is 4.79 Å². The van der Waals surface area contributed by atoms with Gasteiger partial charge in [0.15, 0.2) is 5.58 Å².